The topological polar surface area (TPSA) is 85.3 Å². The first-order valence-electron chi connectivity index (χ1n) is 7.58. The molecule has 22 heavy (non-hydrogen) atoms. The van der Waals surface area contributed by atoms with Gasteiger partial charge in [0, 0.05) is 37.8 Å². The molecule has 4 aliphatic rings. The van der Waals surface area contributed by atoms with E-state index >= 15 is 0 Å². The molecule has 2 bridgehead atoms. The number of fused-ring (bicyclic) bond motifs is 2. The van der Waals surface area contributed by atoms with E-state index in [0.29, 0.717) is 17.9 Å². The Morgan fingerprint density at radius 2 is 2.45 bits per heavy atom. The largest absolute Gasteiger partial charge is 0.387 e. The highest BCUT2D eigenvalue weighted by Crippen LogP contribution is 2.85. The van der Waals surface area contributed by atoms with Crippen molar-refractivity contribution in [3.8, 4) is 0 Å². The highest BCUT2D eigenvalue weighted by atomic mass is 16.3. The molecule has 2 aromatic heterocycles. The van der Waals surface area contributed by atoms with E-state index in [4.69, 9.17) is 5.11 Å². The second kappa shape index (κ2) is 3.78. The fourth-order valence-electron chi connectivity index (χ4n) is 4.77. The van der Waals surface area contributed by atoms with E-state index in [1.807, 2.05) is 17.2 Å². The molecule has 0 radical (unpaired) electrons. The van der Waals surface area contributed by atoms with Crippen molar-refractivity contribution in [3.63, 3.8) is 0 Å². The van der Waals surface area contributed by atoms with Crippen molar-refractivity contribution in [2.24, 2.45) is 17.3 Å². The van der Waals surface area contributed by atoms with Gasteiger partial charge in [-0.05, 0) is 17.9 Å². The van der Waals surface area contributed by atoms with Crippen molar-refractivity contribution in [2.45, 2.75) is 6.04 Å². The van der Waals surface area contributed by atoms with E-state index in [9.17, 15) is 4.79 Å². The zero-order valence-corrected chi connectivity index (χ0v) is 12.2. The van der Waals surface area contributed by atoms with Crippen molar-refractivity contribution in [2.75, 3.05) is 31.6 Å². The third-order valence-electron chi connectivity index (χ3n) is 5.81. The number of nitrogens with one attached hydrogen (secondary N) is 1. The van der Waals surface area contributed by atoms with Crippen LogP contribution in [0.2, 0.25) is 0 Å². The van der Waals surface area contributed by atoms with E-state index in [0.717, 1.165) is 29.9 Å². The minimum atomic E-state index is -0.377. The summed E-state index contributed by atoms with van der Waals surface area (Å²) in [5.74, 6) is 2.04. The fraction of sp³-hybridized carbons (Fsp3) is 0.533. The van der Waals surface area contributed by atoms with Crippen LogP contribution in [0.3, 0.4) is 0 Å². The summed E-state index contributed by atoms with van der Waals surface area (Å²) in [4.78, 5) is 27.5. The Morgan fingerprint density at radius 3 is 3.23 bits per heavy atom. The molecule has 114 valence electrons. The van der Waals surface area contributed by atoms with Gasteiger partial charge in [0.15, 0.2) is 0 Å². The quantitative estimate of drug-likeness (QED) is 0.819. The number of carbonyl (C=O) groups excluding carboxylic acids is 1. The number of aromatic amines is 1. The summed E-state index contributed by atoms with van der Waals surface area (Å²) < 4.78 is 0. The van der Waals surface area contributed by atoms with Gasteiger partial charge in [-0.25, -0.2) is 9.97 Å². The lowest BCUT2D eigenvalue weighted by Crippen LogP contribution is -2.34. The zero-order valence-electron chi connectivity index (χ0n) is 12.2. The molecule has 2 N–H and O–H groups in total. The van der Waals surface area contributed by atoms with Crippen LogP contribution in [0, 0.1) is 17.3 Å². The molecule has 0 aromatic carbocycles. The standard InChI is InChI=1S/C15H17N5O2/c1-19(14-8-2-3-16-13(8)17-7-18-14)6-15-9-4-20(10(22)5-21)12(15)11(9)15/h2-3,7,9,11-12,21H,4-6H2,1H3,(H,16,17,18)/t9-,11-,12?,15+/m0/s1. The van der Waals surface area contributed by atoms with Gasteiger partial charge in [0.25, 0.3) is 0 Å². The van der Waals surface area contributed by atoms with Gasteiger partial charge in [-0.1, -0.05) is 0 Å². The molecule has 2 aromatic rings. The van der Waals surface area contributed by atoms with E-state index in [2.05, 4.69) is 26.9 Å². The average Bonchev–Trinajstić information content (AvgIpc) is 3.08. The summed E-state index contributed by atoms with van der Waals surface area (Å²) in [6, 6.07) is 2.33. The van der Waals surface area contributed by atoms with Gasteiger partial charge in [-0.3, -0.25) is 4.79 Å². The number of anilines is 1. The number of piperidine rings is 1. The second-order valence-electron chi connectivity index (χ2n) is 6.69. The smallest absolute Gasteiger partial charge is 0.248 e. The molecular formula is C15H17N5O2. The van der Waals surface area contributed by atoms with Gasteiger partial charge < -0.3 is 19.9 Å². The molecule has 7 nitrogen and oxygen atoms in total. The van der Waals surface area contributed by atoms with Crippen molar-refractivity contribution < 1.29 is 9.90 Å². The Morgan fingerprint density at radius 1 is 1.59 bits per heavy atom. The van der Waals surface area contributed by atoms with Crippen LogP contribution in [0.1, 0.15) is 0 Å². The summed E-state index contributed by atoms with van der Waals surface area (Å²) in [7, 11) is 2.05. The summed E-state index contributed by atoms with van der Waals surface area (Å²) in [5.41, 5.74) is 1.09. The number of rotatable bonds is 4. The molecule has 4 fully saturated rings. The summed E-state index contributed by atoms with van der Waals surface area (Å²) in [6.07, 6.45) is 3.45. The maximum Gasteiger partial charge on any atom is 0.248 e. The van der Waals surface area contributed by atoms with E-state index in [1.165, 1.54) is 0 Å². The molecule has 2 saturated heterocycles. The fourth-order valence-corrected chi connectivity index (χ4v) is 4.77. The van der Waals surface area contributed by atoms with Gasteiger partial charge in [0.2, 0.25) is 5.91 Å². The van der Waals surface area contributed by atoms with Crippen LogP contribution in [0.4, 0.5) is 5.82 Å². The predicted octanol–water partition coefficient (Wildman–Crippen LogP) is -0.157. The van der Waals surface area contributed by atoms with Crippen LogP contribution < -0.4 is 4.90 Å². The number of hydrogen-bond acceptors (Lipinski definition) is 5. The molecule has 1 unspecified atom stereocenters. The van der Waals surface area contributed by atoms with E-state index in [1.54, 1.807) is 6.33 Å². The normalized spacial score (nSPS) is 33.9. The Kier molecular flexibility index (Phi) is 2.13. The molecule has 2 saturated carbocycles. The van der Waals surface area contributed by atoms with Crippen LogP contribution >= 0.6 is 0 Å². The highest BCUT2D eigenvalue weighted by molar-refractivity contribution is 5.87. The highest BCUT2D eigenvalue weighted by Gasteiger charge is 2.92. The summed E-state index contributed by atoms with van der Waals surface area (Å²) in [5, 5.41) is 10.1. The third-order valence-corrected chi connectivity index (χ3v) is 5.81. The Balaban J connectivity index is 1.39. The van der Waals surface area contributed by atoms with Crippen LogP contribution in [-0.2, 0) is 4.79 Å². The Hall–Kier alpha value is -2.15. The van der Waals surface area contributed by atoms with Crippen LogP contribution in [-0.4, -0.2) is 63.7 Å². The lowest BCUT2D eigenvalue weighted by Gasteiger charge is -2.22. The van der Waals surface area contributed by atoms with Crippen LogP contribution in [0.5, 0.6) is 0 Å². The lowest BCUT2D eigenvalue weighted by atomic mass is 10.1. The Bertz CT molecular complexity index is 783. The molecular weight excluding hydrogens is 282 g/mol. The SMILES string of the molecule is CN(C[C@]12C3[C@@H]1[C@@H]2CN3C(=O)CO)c1ncnc2[nH]ccc12. The van der Waals surface area contributed by atoms with Crippen LogP contribution in [0.25, 0.3) is 11.0 Å². The molecule has 2 aliphatic heterocycles. The van der Waals surface area contributed by atoms with E-state index < -0.39 is 0 Å². The van der Waals surface area contributed by atoms with Crippen molar-refractivity contribution in [1.29, 1.82) is 0 Å². The van der Waals surface area contributed by atoms with Gasteiger partial charge in [0.05, 0.1) is 5.39 Å². The van der Waals surface area contributed by atoms with Gasteiger partial charge >= 0.3 is 0 Å². The number of amides is 1. The van der Waals surface area contributed by atoms with Crippen LogP contribution in [0.15, 0.2) is 18.6 Å². The number of aromatic nitrogens is 3. The summed E-state index contributed by atoms with van der Waals surface area (Å²) in [6.45, 7) is 1.34. The maximum absolute atomic E-state index is 11.7. The third kappa shape index (κ3) is 1.28. The van der Waals surface area contributed by atoms with E-state index in [-0.39, 0.29) is 17.9 Å². The number of nitrogens with zero attached hydrogens (tertiary/aromatic N) is 4. The minimum Gasteiger partial charge on any atom is -0.387 e. The van der Waals surface area contributed by atoms with Crippen molar-refractivity contribution >= 4 is 22.8 Å². The molecule has 7 heteroatoms. The first kappa shape index (κ1) is 12.4. The molecule has 4 heterocycles. The molecule has 1 amide bonds. The second-order valence-corrected chi connectivity index (χ2v) is 6.69. The summed E-state index contributed by atoms with van der Waals surface area (Å²) >= 11 is 0. The predicted molar refractivity (Wildman–Crippen MR) is 79.2 cm³/mol. The van der Waals surface area contributed by atoms with Crippen molar-refractivity contribution in [1.82, 2.24) is 19.9 Å². The van der Waals surface area contributed by atoms with Gasteiger partial charge in [-0.2, -0.15) is 0 Å². The number of hydrogen-bond donors (Lipinski definition) is 2. The first-order chi connectivity index (χ1) is 10.7. The number of aliphatic hydroxyl groups excluding tert-OH is 1. The average molecular weight is 299 g/mol. The Labute approximate surface area is 127 Å². The van der Waals surface area contributed by atoms with Gasteiger partial charge in [0.1, 0.15) is 24.4 Å². The minimum absolute atomic E-state index is 0.130. The molecule has 2 aliphatic carbocycles. The monoisotopic (exact) mass is 299 g/mol. The zero-order chi connectivity index (χ0) is 15.1. The number of aliphatic hydroxyl groups is 1. The molecule has 6 rings (SSSR count). The number of carbonyl (C=O) groups is 1. The molecule has 0 spiro atoms. The first-order valence-corrected chi connectivity index (χ1v) is 7.58. The van der Waals surface area contributed by atoms with Crippen molar-refractivity contribution in [3.05, 3.63) is 18.6 Å². The molecule has 4 atom stereocenters. The number of H-pyrrole nitrogens is 1. The lowest BCUT2D eigenvalue weighted by molar-refractivity contribution is -0.133. The van der Waals surface area contributed by atoms with Gasteiger partial charge in [-0.15, -0.1) is 0 Å². The maximum atomic E-state index is 11.7.